The third kappa shape index (κ3) is 7.27. The number of nitrogens with zero attached hydrogens (tertiary/aromatic N) is 3. The van der Waals surface area contributed by atoms with Crippen molar-refractivity contribution in [3.63, 3.8) is 0 Å². The van der Waals surface area contributed by atoms with Gasteiger partial charge in [-0.3, -0.25) is 0 Å². The topological polar surface area (TPSA) is 85.7 Å². The van der Waals surface area contributed by atoms with E-state index in [1.807, 2.05) is 72.7 Å². The molecule has 0 radical (unpaired) electrons. The standard InChI is InChI=1S/C30H42N4O4/c1-10-20(17-18-31-27(35)37-29(2,3)4)21-11-13-22(14-12-21)23-15-16-25-24(26(23)33(8)9)19-32-34(25)28(36)38-30(5,6)7/h11-16,19-20H,10,17-18H2,1-9H3,(H,31,35). The van der Waals surface area contributed by atoms with E-state index in [4.69, 9.17) is 9.47 Å². The van der Waals surface area contributed by atoms with Crippen molar-refractivity contribution in [1.29, 1.82) is 0 Å². The van der Waals surface area contributed by atoms with Crippen LogP contribution in [0.25, 0.3) is 22.0 Å². The molecule has 1 heterocycles. The van der Waals surface area contributed by atoms with Crippen LogP contribution >= 0.6 is 0 Å². The smallest absolute Gasteiger partial charge is 0.435 e. The number of hydrogen-bond donors (Lipinski definition) is 1. The number of alkyl carbamates (subject to hydrolysis) is 1. The number of anilines is 1. The van der Waals surface area contributed by atoms with Crippen LogP contribution in [0.2, 0.25) is 0 Å². The van der Waals surface area contributed by atoms with Crippen molar-refractivity contribution in [3.8, 4) is 11.1 Å². The fourth-order valence-electron chi connectivity index (χ4n) is 4.46. The van der Waals surface area contributed by atoms with Crippen LogP contribution in [0, 0.1) is 0 Å². The predicted octanol–water partition coefficient (Wildman–Crippen LogP) is 6.96. The second-order valence-corrected chi connectivity index (χ2v) is 11.8. The van der Waals surface area contributed by atoms with Crippen LogP contribution in [0.1, 0.15) is 72.8 Å². The molecule has 1 N–H and O–H groups in total. The Kier molecular flexibility index (Phi) is 8.75. The number of carbonyl (C=O) groups excluding carboxylic acids is 2. The fourth-order valence-corrected chi connectivity index (χ4v) is 4.46. The van der Waals surface area contributed by atoms with E-state index in [0.29, 0.717) is 18.0 Å². The van der Waals surface area contributed by atoms with Crippen molar-refractivity contribution in [1.82, 2.24) is 15.1 Å². The van der Waals surface area contributed by atoms with Crippen LogP contribution in [-0.2, 0) is 9.47 Å². The number of rotatable bonds is 7. The summed E-state index contributed by atoms with van der Waals surface area (Å²) in [4.78, 5) is 26.7. The van der Waals surface area contributed by atoms with Crippen molar-refractivity contribution < 1.29 is 19.1 Å². The minimum atomic E-state index is -0.608. The summed E-state index contributed by atoms with van der Waals surface area (Å²) < 4.78 is 12.2. The summed E-state index contributed by atoms with van der Waals surface area (Å²) in [6.07, 6.45) is 2.63. The monoisotopic (exact) mass is 522 g/mol. The van der Waals surface area contributed by atoms with Gasteiger partial charge >= 0.3 is 12.2 Å². The zero-order chi connectivity index (χ0) is 28.3. The molecule has 8 heteroatoms. The Morgan fingerprint density at radius 1 is 0.974 bits per heavy atom. The molecular formula is C30H42N4O4. The van der Waals surface area contributed by atoms with E-state index in [1.54, 1.807) is 6.20 Å². The van der Waals surface area contributed by atoms with Gasteiger partial charge in [0.15, 0.2) is 0 Å². The normalized spacial score (nSPS) is 12.8. The first-order chi connectivity index (χ1) is 17.7. The molecule has 8 nitrogen and oxygen atoms in total. The lowest BCUT2D eigenvalue weighted by Crippen LogP contribution is -2.33. The summed E-state index contributed by atoms with van der Waals surface area (Å²) in [5.74, 6) is 0.321. The SMILES string of the molecule is CCC(CCNC(=O)OC(C)(C)C)c1ccc(-c2ccc3c(cnn3C(=O)OC(C)(C)C)c2N(C)C)cc1. The molecule has 0 spiro atoms. The highest BCUT2D eigenvalue weighted by atomic mass is 16.6. The number of fused-ring (bicyclic) bond motifs is 1. The number of hydrogen-bond acceptors (Lipinski definition) is 6. The molecule has 0 bridgehead atoms. The Hall–Kier alpha value is -3.55. The van der Waals surface area contributed by atoms with E-state index in [9.17, 15) is 9.59 Å². The van der Waals surface area contributed by atoms with Gasteiger partial charge in [-0.1, -0.05) is 37.3 Å². The van der Waals surface area contributed by atoms with E-state index in [2.05, 4.69) is 41.6 Å². The van der Waals surface area contributed by atoms with Gasteiger partial charge in [0.05, 0.1) is 17.4 Å². The molecule has 3 aromatic rings. The molecule has 0 aliphatic rings. The number of benzene rings is 2. The summed E-state index contributed by atoms with van der Waals surface area (Å²) in [5, 5.41) is 8.08. The van der Waals surface area contributed by atoms with Crippen LogP contribution in [-0.4, -0.2) is 53.8 Å². The number of nitrogens with one attached hydrogen (secondary N) is 1. The van der Waals surface area contributed by atoms with Gasteiger partial charge in [-0.05, 0) is 77.5 Å². The molecule has 0 aliphatic heterocycles. The largest absolute Gasteiger partial charge is 0.444 e. The minimum Gasteiger partial charge on any atom is -0.444 e. The maximum atomic E-state index is 12.7. The van der Waals surface area contributed by atoms with Crippen molar-refractivity contribution >= 4 is 28.8 Å². The second-order valence-electron chi connectivity index (χ2n) is 11.8. The van der Waals surface area contributed by atoms with Crippen LogP contribution in [0.5, 0.6) is 0 Å². The first kappa shape index (κ1) is 29.0. The van der Waals surface area contributed by atoms with E-state index >= 15 is 0 Å². The van der Waals surface area contributed by atoms with Crippen molar-refractivity contribution in [2.75, 3.05) is 25.5 Å². The molecule has 0 saturated heterocycles. The van der Waals surface area contributed by atoms with Gasteiger partial charge in [0.25, 0.3) is 0 Å². The first-order valence-corrected chi connectivity index (χ1v) is 13.2. The van der Waals surface area contributed by atoms with E-state index in [0.717, 1.165) is 35.0 Å². The molecular weight excluding hydrogens is 480 g/mol. The molecule has 0 saturated carbocycles. The average molecular weight is 523 g/mol. The summed E-state index contributed by atoms with van der Waals surface area (Å²) in [6, 6.07) is 12.5. The lowest BCUT2D eigenvalue weighted by Gasteiger charge is -2.22. The van der Waals surface area contributed by atoms with E-state index in [-0.39, 0.29) is 6.09 Å². The van der Waals surface area contributed by atoms with Crippen LogP contribution in [0.3, 0.4) is 0 Å². The van der Waals surface area contributed by atoms with Crippen LogP contribution < -0.4 is 10.2 Å². The molecule has 3 rings (SSSR count). The summed E-state index contributed by atoms with van der Waals surface area (Å²) in [7, 11) is 3.98. The Bertz CT molecular complexity index is 1260. The Morgan fingerprint density at radius 2 is 1.61 bits per heavy atom. The molecule has 1 atom stereocenters. The van der Waals surface area contributed by atoms with Gasteiger partial charge in [0, 0.05) is 31.6 Å². The maximum Gasteiger partial charge on any atom is 0.435 e. The lowest BCUT2D eigenvalue weighted by molar-refractivity contribution is 0.0513. The number of ether oxygens (including phenoxy) is 2. The van der Waals surface area contributed by atoms with E-state index in [1.165, 1.54) is 10.2 Å². The molecule has 0 fully saturated rings. The Morgan fingerprint density at radius 3 is 2.16 bits per heavy atom. The zero-order valence-electron chi connectivity index (χ0n) is 24.2. The van der Waals surface area contributed by atoms with Gasteiger partial charge in [0.2, 0.25) is 0 Å². The highest BCUT2D eigenvalue weighted by Crippen LogP contribution is 2.37. The van der Waals surface area contributed by atoms with Gasteiger partial charge < -0.3 is 19.7 Å². The van der Waals surface area contributed by atoms with Gasteiger partial charge in [-0.2, -0.15) is 9.78 Å². The highest BCUT2D eigenvalue weighted by Gasteiger charge is 2.23. The Labute approximate surface area is 226 Å². The fraction of sp³-hybridized carbons (Fsp3) is 0.500. The first-order valence-electron chi connectivity index (χ1n) is 13.2. The third-order valence-electron chi connectivity index (χ3n) is 6.09. The minimum absolute atomic E-state index is 0.321. The molecule has 1 amide bonds. The molecule has 2 aromatic carbocycles. The molecule has 206 valence electrons. The van der Waals surface area contributed by atoms with Crippen LogP contribution in [0.15, 0.2) is 42.6 Å². The summed E-state index contributed by atoms with van der Waals surface area (Å²) in [5.41, 5.74) is 3.93. The average Bonchev–Trinajstić information content (AvgIpc) is 3.23. The van der Waals surface area contributed by atoms with Crippen molar-refractivity contribution in [2.24, 2.45) is 0 Å². The van der Waals surface area contributed by atoms with Crippen LogP contribution in [0.4, 0.5) is 15.3 Å². The maximum absolute atomic E-state index is 12.7. The third-order valence-corrected chi connectivity index (χ3v) is 6.09. The van der Waals surface area contributed by atoms with Gasteiger partial charge in [-0.15, -0.1) is 0 Å². The van der Waals surface area contributed by atoms with Crippen molar-refractivity contribution in [2.45, 2.75) is 78.4 Å². The van der Waals surface area contributed by atoms with E-state index < -0.39 is 17.3 Å². The predicted molar refractivity (Wildman–Crippen MR) is 153 cm³/mol. The van der Waals surface area contributed by atoms with Crippen molar-refractivity contribution in [3.05, 3.63) is 48.2 Å². The molecule has 1 unspecified atom stereocenters. The van der Waals surface area contributed by atoms with Gasteiger partial charge in [-0.25, -0.2) is 9.59 Å². The quantitative estimate of drug-likeness (QED) is 0.361. The molecule has 0 aliphatic carbocycles. The number of amides is 1. The molecule has 1 aromatic heterocycles. The summed E-state index contributed by atoms with van der Waals surface area (Å²) in [6.45, 7) is 13.8. The van der Waals surface area contributed by atoms with Gasteiger partial charge in [0.1, 0.15) is 11.2 Å². The summed E-state index contributed by atoms with van der Waals surface area (Å²) >= 11 is 0. The lowest BCUT2D eigenvalue weighted by atomic mass is 9.91. The zero-order valence-corrected chi connectivity index (χ0v) is 24.2. The number of carbonyl (C=O) groups is 2. The molecule has 38 heavy (non-hydrogen) atoms. The Balaban J connectivity index is 1.82. The number of aromatic nitrogens is 2. The highest BCUT2D eigenvalue weighted by molar-refractivity contribution is 6.02. The second kappa shape index (κ2) is 11.5.